The molecule has 0 unspecified atom stereocenters. The number of carbonyl (C=O) groups excluding carboxylic acids is 1. The van der Waals surface area contributed by atoms with E-state index < -0.39 is 26.4 Å². The molecule has 0 spiro atoms. The van der Waals surface area contributed by atoms with E-state index in [4.69, 9.17) is 23.2 Å². The van der Waals surface area contributed by atoms with Crippen molar-refractivity contribution in [2.75, 3.05) is 5.32 Å². The minimum atomic E-state index is -4.71. The van der Waals surface area contributed by atoms with Crippen LogP contribution >= 0.6 is 34.5 Å². The van der Waals surface area contributed by atoms with Gasteiger partial charge in [-0.1, -0.05) is 35.3 Å². The van der Waals surface area contributed by atoms with Crippen LogP contribution in [-0.2, 0) is 16.3 Å². The highest BCUT2D eigenvalue weighted by atomic mass is 35.5. The average Bonchev–Trinajstić information content (AvgIpc) is 3.12. The molecule has 0 aliphatic rings. The molecule has 0 saturated carbocycles. The number of benzene rings is 2. The van der Waals surface area contributed by atoms with E-state index in [2.05, 4.69) is 10.3 Å². The second-order valence-corrected chi connectivity index (χ2v) is 9.62. The fraction of sp³-hybridized carbons (Fsp3) is 0.111. The van der Waals surface area contributed by atoms with E-state index in [0.29, 0.717) is 21.6 Å². The number of alkyl halides is 2. The number of hydrogen-bond donors (Lipinski definition) is 1. The van der Waals surface area contributed by atoms with Gasteiger partial charge in [-0.15, -0.1) is 11.3 Å². The summed E-state index contributed by atoms with van der Waals surface area (Å²) in [6, 6.07) is 9.54. The number of sulfone groups is 1. The van der Waals surface area contributed by atoms with Crippen molar-refractivity contribution in [1.82, 2.24) is 4.98 Å². The highest BCUT2D eigenvalue weighted by Gasteiger charge is 2.26. The average molecular weight is 477 g/mol. The lowest BCUT2D eigenvalue weighted by molar-refractivity contribution is 0.102. The third kappa shape index (κ3) is 4.92. The molecule has 3 aromatic rings. The zero-order valence-electron chi connectivity index (χ0n) is 14.4. The van der Waals surface area contributed by atoms with Crippen LogP contribution < -0.4 is 5.32 Å². The summed E-state index contributed by atoms with van der Waals surface area (Å²) in [4.78, 5) is 16.7. The number of rotatable bonds is 6. The normalized spacial score (nSPS) is 11.6. The van der Waals surface area contributed by atoms with Crippen molar-refractivity contribution in [3.63, 3.8) is 0 Å². The predicted octanol–water partition coefficient (Wildman–Crippen LogP) is 5.29. The molecular weight excluding hydrogens is 465 g/mol. The minimum Gasteiger partial charge on any atom is -0.298 e. The third-order valence-electron chi connectivity index (χ3n) is 3.85. The Balaban J connectivity index is 1.70. The Labute approximate surface area is 179 Å². The number of thiazole rings is 1. The van der Waals surface area contributed by atoms with E-state index in [1.807, 2.05) is 6.07 Å². The van der Waals surface area contributed by atoms with Gasteiger partial charge in [-0.05, 0) is 35.9 Å². The second kappa shape index (κ2) is 8.74. The molecule has 29 heavy (non-hydrogen) atoms. The second-order valence-electron chi connectivity index (χ2n) is 5.81. The number of amides is 1. The highest BCUT2D eigenvalue weighted by molar-refractivity contribution is 7.91. The number of aromatic nitrogens is 1. The van der Waals surface area contributed by atoms with Crippen molar-refractivity contribution < 1.29 is 22.0 Å². The largest absolute Gasteiger partial charge is 0.341 e. The van der Waals surface area contributed by atoms with Crippen molar-refractivity contribution in [2.24, 2.45) is 0 Å². The molecule has 1 amide bonds. The summed E-state index contributed by atoms with van der Waals surface area (Å²) >= 11 is 13.4. The van der Waals surface area contributed by atoms with Crippen molar-refractivity contribution in [3.05, 3.63) is 74.7 Å². The SMILES string of the molecule is O=C(Nc1ncc(Cc2cccc(Cl)c2Cl)s1)c1ccc(S(=O)(=O)C(F)F)cc1. The molecule has 3 rings (SSSR count). The smallest absolute Gasteiger partial charge is 0.298 e. The Hall–Kier alpha value is -2.07. The zero-order chi connectivity index (χ0) is 21.2. The maximum atomic E-state index is 12.6. The molecule has 5 nitrogen and oxygen atoms in total. The maximum Gasteiger partial charge on any atom is 0.341 e. The Bertz CT molecular complexity index is 1150. The van der Waals surface area contributed by atoms with Gasteiger partial charge in [0.25, 0.3) is 5.91 Å². The van der Waals surface area contributed by atoms with Gasteiger partial charge in [0.2, 0.25) is 9.84 Å². The lowest BCUT2D eigenvalue weighted by atomic mass is 10.1. The fourth-order valence-electron chi connectivity index (χ4n) is 2.39. The first kappa shape index (κ1) is 21.6. The highest BCUT2D eigenvalue weighted by Crippen LogP contribution is 2.29. The Morgan fingerprint density at radius 3 is 2.48 bits per heavy atom. The number of anilines is 1. The van der Waals surface area contributed by atoms with Crippen molar-refractivity contribution in [2.45, 2.75) is 17.1 Å². The molecule has 0 saturated heterocycles. The van der Waals surface area contributed by atoms with Crippen molar-refractivity contribution in [1.29, 1.82) is 0 Å². The summed E-state index contributed by atoms with van der Waals surface area (Å²) in [5, 5.41) is 3.80. The van der Waals surface area contributed by atoms with E-state index in [1.54, 1.807) is 18.3 Å². The van der Waals surface area contributed by atoms with Crippen LogP contribution in [0.5, 0.6) is 0 Å². The zero-order valence-corrected chi connectivity index (χ0v) is 17.5. The molecule has 11 heteroatoms. The Morgan fingerprint density at radius 1 is 1.14 bits per heavy atom. The summed E-state index contributed by atoms with van der Waals surface area (Å²) in [6.45, 7) is 0. The lowest BCUT2D eigenvalue weighted by Gasteiger charge is -2.05. The number of carbonyl (C=O) groups is 1. The van der Waals surface area contributed by atoms with Crippen LogP contribution in [0.15, 0.2) is 53.6 Å². The lowest BCUT2D eigenvalue weighted by Crippen LogP contribution is -2.14. The minimum absolute atomic E-state index is 0.104. The monoisotopic (exact) mass is 476 g/mol. The van der Waals surface area contributed by atoms with Gasteiger partial charge >= 0.3 is 5.76 Å². The van der Waals surface area contributed by atoms with E-state index >= 15 is 0 Å². The number of halogens is 4. The van der Waals surface area contributed by atoms with Crippen molar-refractivity contribution >= 4 is 55.4 Å². The Kier molecular flexibility index (Phi) is 6.52. The molecule has 0 fully saturated rings. The summed E-state index contributed by atoms with van der Waals surface area (Å²) in [7, 11) is -4.71. The number of nitrogens with zero attached hydrogens (tertiary/aromatic N) is 1. The van der Waals surface area contributed by atoms with Crippen LogP contribution in [0.1, 0.15) is 20.8 Å². The van der Waals surface area contributed by atoms with E-state index in [0.717, 1.165) is 34.7 Å². The summed E-state index contributed by atoms with van der Waals surface area (Å²) in [5.74, 6) is -4.07. The topological polar surface area (TPSA) is 76.1 Å². The van der Waals surface area contributed by atoms with Gasteiger partial charge in [0.05, 0.1) is 14.9 Å². The summed E-state index contributed by atoms with van der Waals surface area (Å²) < 4.78 is 48.0. The fourth-order valence-corrected chi connectivity index (χ4v) is 4.33. The maximum absolute atomic E-state index is 12.6. The van der Waals surface area contributed by atoms with Crippen LogP contribution in [-0.4, -0.2) is 25.1 Å². The molecular formula is C18H12Cl2F2N2O3S2. The molecule has 0 aliphatic carbocycles. The van der Waals surface area contributed by atoms with Gasteiger partial charge < -0.3 is 0 Å². The van der Waals surface area contributed by atoms with E-state index in [1.165, 1.54) is 11.3 Å². The quantitative estimate of drug-likeness (QED) is 0.524. The Morgan fingerprint density at radius 2 is 1.83 bits per heavy atom. The van der Waals surface area contributed by atoms with Gasteiger partial charge in [-0.2, -0.15) is 8.78 Å². The standard InChI is InChI=1S/C18H12Cl2F2N2O3S2/c19-14-3-1-2-11(15(14)20)8-12-9-23-18(28-12)24-16(25)10-4-6-13(7-5-10)29(26,27)17(21)22/h1-7,9,17H,8H2,(H,23,24,25). The van der Waals surface area contributed by atoms with Crippen molar-refractivity contribution in [3.8, 4) is 0 Å². The van der Waals surface area contributed by atoms with Gasteiger partial charge in [0.15, 0.2) is 5.13 Å². The first-order chi connectivity index (χ1) is 13.7. The van der Waals surface area contributed by atoms with E-state index in [9.17, 15) is 22.0 Å². The van der Waals surface area contributed by atoms with Crippen LogP contribution in [0.2, 0.25) is 10.0 Å². The van der Waals surface area contributed by atoms with Gasteiger partial charge in [-0.25, -0.2) is 13.4 Å². The van der Waals surface area contributed by atoms with Crippen LogP contribution in [0.4, 0.5) is 13.9 Å². The number of hydrogen-bond acceptors (Lipinski definition) is 5. The molecule has 1 aromatic heterocycles. The molecule has 0 atom stereocenters. The summed E-state index contributed by atoms with van der Waals surface area (Å²) in [5.41, 5.74) is 0.921. The first-order valence-corrected chi connectivity index (χ1v) is 11.1. The molecule has 1 N–H and O–H groups in total. The van der Waals surface area contributed by atoms with Crippen LogP contribution in [0.3, 0.4) is 0 Å². The number of nitrogens with one attached hydrogen (secondary N) is 1. The molecule has 0 aliphatic heterocycles. The van der Waals surface area contributed by atoms with Gasteiger partial charge in [-0.3, -0.25) is 10.1 Å². The third-order valence-corrected chi connectivity index (χ3v) is 7.02. The molecule has 0 bridgehead atoms. The molecule has 152 valence electrons. The summed E-state index contributed by atoms with van der Waals surface area (Å²) in [6.07, 6.45) is 2.07. The van der Waals surface area contributed by atoms with Crippen LogP contribution in [0.25, 0.3) is 0 Å². The van der Waals surface area contributed by atoms with Gasteiger partial charge in [0.1, 0.15) is 0 Å². The first-order valence-electron chi connectivity index (χ1n) is 7.99. The van der Waals surface area contributed by atoms with Crippen LogP contribution in [0, 0.1) is 0 Å². The molecule has 0 radical (unpaired) electrons. The van der Waals surface area contributed by atoms with Gasteiger partial charge in [0, 0.05) is 23.1 Å². The molecule has 2 aromatic carbocycles. The molecule has 1 heterocycles. The van der Waals surface area contributed by atoms with E-state index in [-0.39, 0.29) is 5.56 Å². The predicted molar refractivity (Wildman–Crippen MR) is 109 cm³/mol.